The van der Waals surface area contributed by atoms with Gasteiger partial charge in [-0.15, -0.1) is 0 Å². The molecule has 4 nitrogen and oxygen atoms in total. The van der Waals surface area contributed by atoms with Crippen LogP contribution in [0.3, 0.4) is 0 Å². The minimum absolute atomic E-state index is 0.0855. The molecule has 1 aliphatic rings. The first-order chi connectivity index (χ1) is 12.9. The summed E-state index contributed by atoms with van der Waals surface area (Å²) in [6.45, 7) is 1.09. The Labute approximate surface area is 155 Å². The van der Waals surface area contributed by atoms with E-state index in [0.29, 0.717) is 30.9 Å². The van der Waals surface area contributed by atoms with Gasteiger partial charge in [-0.1, -0.05) is 0 Å². The molecule has 1 fully saturated rings. The predicted octanol–water partition coefficient (Wildman–Crippen LogP) is 4.25. The molecular formula is C20H19F3N2O2. The quantitative estimate of drug-likeness (QED) is 0.783. The van der Waals surface area contributed by atoms with Crippen molar-refractivity contribution in [3.63, 3.8) is 0 Å². The number of methoxy groups -OCH3 is 1. The average Bonchev–Trinajstić information content (AvgIpc) is 3.04. The summed E-state index contributed by atoms with van der Waals surface area (Å²) in [6.07, 6.45) is -3.84. The molecule has 1 saturated heterocycles. The van der Waals surface area contributed by atoms with E-state index >= 15 is 0 Å². The van der Waals surface area contributed by atoms with Crippen LogP contribution in [0.5, 0.6) is 5.75 Å². The van der Waals surface area contributed by atoms with E-state index in [1.165, 1.54) is 12.1 Å². The second-order valence-corrected chi connectivity index (χ2v) is 6.42. The molecule has 0 N–H and O–H groups in total. The van der Waals surface area contributed by atoms with Crippen LogP contribution in [0.1, 0.15) is 17.5 Å². The molecule has 0 aromatic heterocycles. The zero-order chi connectivity index (χ0) is 19.4. The minimum atomic E-state index is -4.36. The molecule has 0 saturated carbocycles. The zero-order valence-electron chi connectivity index (χ0n) is 14.7. The van der Waals surface area contributed by atoms with Crippen LogP contribution in [-0.4, -0.2) is 32.4 Å². The molecule has 0 unspecified atom stereocenters. The second-order valence-electron chi connectivity index (χ2n) is 6.42. The lowest BCUT2D eigenvalue weighted by Crippen LogP contribution is -2.33. The molecule has 2 aromatic rings. The Bertz CT molecular complexity index is 798. The van der Waals surface area contributed by atoms with E-state index in [1.807, 2.05) is 12.1 Å². The highest BCUT2D eigenvalue weighted by molar-refractivity contribution is 5.52. The molecule has 3 rings (SSSR count). The van der Waals surface area contributed by atoms with E-state index in [2.05, 4.69) is 11.0 Å². The number of halogens is 3. The van der Waals surface area contributed by atoms with Gasteiger partial charge >= 0.3 is 6.18 Å². The number of hydrogen-bond donors (Lipinski definition) is 0. The SMILES string of the molecule is COC[C@@H]1C[C@@H](Oc2ccc(C(F)(F)F)cc2)CN1c1ccc(C#N)cc1. The van der Waals surface area contributed by atoms with Crippen molar-refractivity contribution >= 4 is 5.69 Å². The van der Waals surface area contributed by atoms with Gasteiger partial charge in [-0.25, -0.2) is 0 Å². The largest absolute Gasteiger partial charge is 0.489 e. The van der Waals surface area contributed by atoms with Gasteiger partial charge in [0.1, 0.15) is 11.9 Å². The molecule has 142 valence electrons. The normalized spacial score (nSPS) is 19.7. The smallest absolute Gasteiger partial charge is 0.416 e. The molecule has 0 bridgehead atoms. The standard InChI is InChI=1S/C20H19F3N2O2/c1-26-13-17-10-19(12-25(17)16-6-2-14(11-24)3-7-16)27-18-8-4-15(5-9-18)20(21,22)23/h2-9,17,19H,10,12-13H2,1H3/t17-,19+/m0/s1. The number of rotatable bonds is 5. The van der Waals surface area contributed by atoms with Crippen LogP contribution in [0, 0.1) is 11.3 Å². The lowest BCUT2D eigenvalue weighted by molar-refractivity contribution is -0.137. The number of hydrogen-bond acceptors (Lipinski definition) is 4. The second kappa shape index (κ2) is 7.89. The van der Waals surface area contributed by atoms with Crippen molar-refractivity contribution in [3.05, 3.63) is 59.7 Å². The maximum absolute atomic E-state index is 12.7. The lowest BCUT2D eigenvalue weighted by Gasteiger charge is -2.25. The molecule has 0 radical (unpaired) electrons. The number of nitrogens with zero attached hydrogens (tertiary/aromatic N) is 2. The summed E-state index contributed by atoms with van der Waals surface area (Å²) in [5, 5.41) is 8.93. The van der Waals surface area contributed by atoms with Crippen LogP contribution in [-0.2, 0) is 10.9 Å². The molecule has 1 aliphatic heterocycles. The molecule has 1 heterocycles. The molecule has 2 atom stereocenters. The summed E-state index contributed by atoms with van der Waals surface area (Å²) in [7, 11) is 1.63. The number of benzene rings is 2. The fraction of sp³-hybridized carbons (Fsp3) is 0.350. The van der Waals surface area contributed by atoms with Crippen molar-refractivity contribution in [3.8, 4) is 11.8 Å². The topological polar surface area (TPSA) is 45.5 Å². The van der Waals surface area contributed by atoms with Crippen molar-refractivity contribution in [2.24, 2.45) is 0 Å². The van der Waals surface area contributed by atoms with Crippen molar-refractivity contribution in [1.82, 2.24) is 0 Å². The number of anilines is 1. The first-order valence-corrected chi connectivity index (χ1v) is 8.50. The average molecular weight is 376 g/mol. The summed E-state index contributed by atoms with van der Waals surface area (Å²) < 4.78 is 49.2. The Kier molecular flexibility index (Phi) is 5.57. The third-order valence-corrected chi connectivity index (χ3v) is 4.55. The van der Waals surface area contributed by atoms with Crippen molar-refractivity contribution in [2.45, 2.75) is 24.7 Å². The van der Waals surface area contributed by atoms with Gasteiger partial charge in [0.15, 0.2) is 0 Å². The lowest BCUT2D eigenvalue weighted by atomic mass is 10.2. The van der Waals surface area contributed by atoms with Gasteiger partial charge in [-0.3, -0.25) is 0 Å². The van der Waals surface area contributed by atoms with E-state index in [-0.39, 0.29) is 12.1 Å². The number of alkyl halides is 3. The van der Waals surface area contributed by atoms with Crippen molar-refractivity contribution in [1.29, 1.82) is 5.26 Å². The number of nitriles is 1. The summed E-state index contributed by atoms with van der Waals surface area (Å²) in [6, 6.07) is 14.2. The van der Waals surface area contributed by atoms with Crippen LogP contribution in [0.15, 0.2) is 48.5 Å². The van der Waals surface area contributed by atoms with Crippen LogP contribution in [0.2, 0.25) is 0 Å². The molecule has 0 aliphatic carbocycles. The van der Waals surface area contributed by atoms with Gasteiger partial charge < -0.3 is 14.4 Å². The van der Waals surface area contributed by atoms with Crippen molar-refractivity contribution < 1.29 is 22.6 Å². The van der Waals surface area contributed by atoms with Gasteiger partial charge in [-0.2, -0.15) is 18.4 Å². The highest BCUT2D eigenvalue weighted by Crippen LogP contribution is 2.32. The summed E-state index contributed by atoms with van der Waals surface area (Å²) >= 11 is 0. The van der Waals surface area contributed by atoms with Gasteiger partial charge in [0.25, 0.3) is 0 Å². The Hall–Kier alpha value is -2.72. The van der Waals surface area contributed by atoms with E-state index in [4.69, 9.17) is 14.7 Å². The Morgan fingerprint density at radius 3 is 2.33 bits per heavy atom. The third kappa shape index (κ3) is 4.52. The highest BCUT2D eigenvalue weighted by atomic mass is 19.4. The fourth-order valence-corrected chi connectivity index (χ4v) is 3.27. The Balaban J connectivity index is 1.71. The molecule has 0 spiro atoms. The van der Waals surface area contributed by atoms with E-state index in [9.17, 15) is 13.2 Å². The monoisotopic (exact) mass is 376 g/mol. The van der Waals surface area contributed by atoms with Gasteiger partial charge in [0, 0.05) is 19.2 Å². The minimum Gasteiger partial charge on any atom is -0.489 e. The van der Waals surface area contributed by atoms with Crippen LogP contribution < -0.4 is 9.64 Å². The van der Waals surface area contributed by atoms with Crippen LogP contribution >= 0.6 is 0 Å². The van der Waals surface area contributed by atoms with E-state index in [0.717, 1.165) is 17.8 Å². The first-order valence-electron chi connectivity index (χ1n) is 8.50. The zero-order valence-corrected chi connectivity index (χ0v) is 14.7. The van der Waals surface area contributed by atoms with Gasteiger partial charge in [0.05, 0.1) is 36.4 Å². The van der Waals surface area contributed by atoms with Crippen LogP contribution in [0.25, 0.3) is 0 Å². The van der Waals surface area contributed by atoms with E-state index in [1.54, 1.807) is 19.2 Å². The Morgan fingerprint density at radius 2 is 1.78 bits per heavy atom. The van der Waals surface area contributed by atoms with Gasteiger partial charge in [0.2, 0.25) is 0 Å². The molecular weight excluding hydrogens is 357 g/mol. The van der Waals surface area contributed by atoms with Crippen molar-refractivity contribution in [2.75, 3.05) is 25.2 Å². The molecule has 27 heavy (non-hydrogen) atoms. The maximum Gasteiger partial charge on any atom is 0.416 e. The summed E-state index contributed by atoms with van der Waals surface area (Å²) in [5.74, 6) is 0.408. The fourth-order valence-electron chi connectivity index (χ4n) is 3.27. The first kappa shape index (κ1) is 19.1. The highest BCUT2D eigenvalue weighted by Gasteiger charge is 2.34. The van der Waals surface area contributed by atoms with Gasteiger partial charge in [-0.05, 0) is 48.5 Å². The Morgan fingerprint density at radius 1 is 1.11 bits per heavy atom. The van der Waals surface area contributed by atoms with Crippen LogP contribution in [0.4, 0.5) is 18.9 Å². The predicted molar refractivity (Wildman–Crippen MR) is 94.6 cm³/mol. The molecule has 0 amide bonds. The number of ether oxygens (including phenoxy) is 2. The third-order valence-electron chi connectivity index (χ3n) is 4.55. The maximum atomic E-state index is 12.7. The molecule has 2 aromatic carbocycles. The summed E-state index contributed by atoms with van der Waals surface area (Å²) in [5.41, 5.74) is 0.839. The molecule has 7 heteroatoms. The summed E-state index contributed by atoms with van der Waals surface area (Å²) in [4.78, 5) is 2.14. The van der Waals surface area contributed by atoms with E-state index < -0.39 is 11.7 Å².